The number of nitrogens with one attached hydrogen (secondary N) is 2. The summed E-state index contributed by atoms with van der Waals surface area (Å²) in [5.41, 5.74) is 3.70. The van der Waals surface area contributed by atoms with Gasteiger partial charge in [-0.25, -0.2) is 9.97 Å². The summed E-state index contributed by atoms with van der Waals surface area (Å²) in [6.45, 7) is 0.0113. The molecule has 4 N–H and O–H groups in total. The zero-order valence-corrected chi connectivity index (χ0v) is 21.9. The number of aromatic hydroxyl groups is 1. The van der Waals surface area contributed by atoms with Crippen LogP contribution >= 0.6 is 0 Å². The standard InChI is InChI=1S/C30H28N4O6/c1-38-21-5-3-6-22(15-21)40-17-20(35)16-32-29(37)19-8-10-25-26(14-19)34-28(33-25)24-13-18(9-11-27(24)36)23-7-4-12-31-30(23)39-2/h3-15,20,35-36H,16-17H2,1-2H3,(H,32,37)(H,33,34). The number of aliphatic hydroxyl groups excluding tert-OH is 1. The first kappa shape index (κ1) is 26.5. The number of fused-ring (bicyclic) bond motifs is 1. The number of carbonyl (C=O) groups is 1. The second kappa shape index (κ2) is 11.7. The molecule has 40 heavy (non-hydrogen) atoms. The Hall–Kier alpha value is -5.09. The number of rotatable bonds is 10. The molecule has 5 aromatic rings. The summed E-state index contributed by atoms with van der Waals surface area (Å²) in [6, 6.07) is 21.0. The second-order valence-corrected chi connectivity index (χ2v) is 8.96. The molecule has 0 radical (unpaired) electrons. The molecule has 2 aromatic heterocycles. The van der Waals surface area contributed by atoms with E-state index in [1.165, 1.54) is 0 Å². The molecule has 0 aliphatic heterocycles. The second-order valence-electron chi connectivity index (χ2n) is 8.96. The summed E-state index contributed by atoms with van der Waals surface area (Å²) in [5, 5.41) is 23.6. The van der Waals surface area contributed by atoms with Gasteiger partial charge in [0.2, 0.25) is 5.88 Å². The highest BCUT2D eigenvalue weighted by molar-refractivity contribution is 5.97. The summed E-state index contributed by atoms with van der Waals surface area (Å²) in [6.07, 6.45) is 0.736. The van der Waals surface area contributed by atoms with Gasteiger partial charge in [-0.2, -0.15) is 0 Å². The van der Waals surface area contributed by atoms with Crippen LogP contribution in [0.2, 0.25) is 0 Å². The Labute approximate surface area is 230 Å². The Bertz CT molecular complexity index is 1650. The van der Waals surface area contributed by atoms with Crippen LogP contribution in [0.4, 0.5) is 0 Å². The molecule has 10 heteroatoms. The first-order valence-corrected chi connectivity index (χ1v) is 12.5. The summed E-state index contributed by atoms with van der Waals surface area (Å²) in [7, 11) is 3.12. The molecule has 5 rings (SSSR count). The lowest BCUT2D eigenvalue weighted by molar-refractivity contribution is 0.0843. The first-order chi connectivity index (χ1) is 19.4. The zero-order chi connectivity index (χ0) is 28.1. The van der Waals surface area contributed by atoms with E-state index in [2.05, 4.69) is 20.3 Å². The predicted octanol–water partition coefficient (Wildman–Crippen LogP) is 4.18. The largest absolute Gasteiger partial charge is 0.507 e. The Morgan fingerprint density at radius 1 is 0.975 bits per heavy atom. The molecule has 1 unspecified atom stereocenters. The topological polar surface area (TPSA) is 139 Å². The highest BCUT2D eigenvalue weighted by Gasteiger charge is 2.16. The molecule has 0 spiro atoms. The van der Waals surface area contributed by atoms with E-state index in [1.807, 2.05) is 12.1 Å². The number of pyridine rings is 1. The normalized spacial score (nSPS) is 11.7. The van der Waals surface area contributed by atoms with Gasteiger partial charge in [-0.05, 0) is 60.2 Å². The minimum atomic E-state index is -0.911. The number of H-pyrrole nitrogens is 1. The Morgan fingerprint density at radius 3 is 2.65 bits per heavy atom. The molecule has 0 aliphatic carbocycles. The average molecular weight is 541 g/mol. The van der Waals surface area contributed by atoms with E-state index in [0.29, 0.717) is 45.4 Å². The number of hydrogen-bond acceptors (Lipinski definition) is 8. The third-order valence-electron chi connectivity index (χ3n) is 6.25. The van der Waals surface area contributed by atoms with Crippen molar-refractivity contribution in [2.45, 2.75) is 6.10 Å². The van der Waals surface area contributed by atoms with E-state index >= 15 is 0 Å². The third-order valence-corrected chi connectivity index (χ3v) is 6.25. The number of benzene rings is 3. The van der Waals surface area contributed by atoms with Crippen LogP contribution in [0.1, 0.15) is 10.4 Å². The monoisotopic (exact) mass is 540 g/mol. The zero-order valence-electron chi connectivity index (χ0n) is 21.9. The number of aromatic nitrogens is 3. The summed E-state index contributed by atoms with van der Waals surface area (Å²) < 4.78 is 16.1. The average Bonchev–Trinajstić information content (AvgIpc) is 3.42. The Kier molecular flexibility index (Phi) is 7.79. The van der Waals surface area contributed by atoms with Gasteiger partial charge in [-0.3, -0.25) is 4.79 Å². The fourth-order valence-electron chi connectivity index (χ4n) is 4.20. The van der Waals surface area contributed by atoms with Gasteiger partial charge in [0.1, 0.15) is 35.8 Å². The van der Waals surface area contributed by atoms with Gasteiger partial charge in [-0.1, -0.05) is 12.1 Å². The molecular weight excluding hydrogens is 512 g/mol. The maximum Gasteiger partial charge on any atom is 0.251 e. The number of methoxy groups -OCH3 is 2. The maximum atomic E-state index is 12.8. The smallest absolute Gasteiger partial charge is 0.251 e. The number of phenolic OH excluding ortho intramolecular Hbond substituents is 1. The molecule has 2 heterocycles. The Balaban J connectivity index is 1.27. The SMILES string of the molecule is COc1cccc(OCC(O)CNC(=O)c2ccc3nc(-c4cc(-c5cccnc5OC)ccc4O)[nH]c3c2)c1. The van der Waals surface area contributed by atoms with Crippen LogP contribution in [0, 0.1) is 0 Å². The lowest BCUT2D eigenvalue weighted by Gasteiger charge is -2.14. The van der Waals surface area contributed by atoms with E-state index in [1.54, 1.807) is 81.1 Å². The Morgan fingerprint density at radius 2 is 1.82 bits per heavy atom. The van der Waals surface area contributed by atoms with Crippen molar-refractivity contribution in [3.63, 3.8) is 0 Å². The van der Waals surface area contributed by atoms with Gasteiger partial charge >= 0.3 is 0 Å². The lowest BCUT2D eigenvalue weighted by atomic mass is 10.0. The summed E-state index contributed by atoms with van der Waals surface area (Å²) in [4.78, 5) is 24.8. The van der Waals surface area contributed by atoms with Crippen molar-refractivity contribution in [1.82, 2.24) is 20.3 Å². The van der Waals surface area contributed by atoms with Crippen molar-refractivity contribution < 1.29 is 29.2 Å². The molecule has 0 bridgehead atoms. The predicted molar refractivity (Wildman–Crippen MR) is 150 cm³/mol. The number of aliphatic hydroxyl groups is 1. The van der Waals surface area contributed by atoms with Crippen molar-refractivity contribution >= 4 is 16.9 Å². The van der Waals surface area contributed by atoms with Gasteiger partial charge in [-0.15, -0.1) is 0 Å². The van der Waals surface area contributed by atoms with E-state index < -0.39 is 6.10 Å². The highest BCUT2D eigenvalue weighted by atomic mass is 16.5. The van der Waals surface area contributed by atoms with Crippen molar-refractivity contribution in [1.29, 1.82) is 0 Å². The minimum absolute atomic E-state index is 0.00384. The van der Waals surface area contributed by atoms with Crippen LogP contribution in [0.5, 0.6) is 23.1 Å². The minimum Gasteiger partial charge on any atom is -0.507 e. The number of carbonyl (C=O) groups excluding carboxylic acids is 1. The highest BCUT2D eigenvalue weighted by Crippen LogP contribution is 2.35. The van der Waals surface area contributed by atoms with Crippen LogP contribution < -0.4 is 19.5 Å². The molecule has 3 aromatic carbocycles. The van der Waals surface area contributed by atoms with E-state index in [0.717, 1.165) is 11.1 Å². The van der Waals surface area contributed by atoms with Crippen LogP contribution in [0.15, 0.2) is 79.0 Å². The lowest BCUT2D eigenvalue weighted by Crippen LogP contribution is -2.35. The number of ether oxygens (including phenoxy) is 3. The van der Waals surface area contributed by atoms with Crippen molar-refractivity contribution in [3.05, 3.63) is 84.6 Å². The molecule has 10 nitrogen and oxygen atoms in total. The van der Waals surface area contributed by atoms with Crippen molar-refractivity contribution in [3.8, 4) is 45.6 Å². The number of amides is 1. The maximum absolute atomic E-state index is 12.8. The van der Waals surface area contributed by atoms with Gasteiger partial charge < -0.3 is 34.7 Å². The number of phenols is 1. The number of aromatic amines is 1. The number of imidazole rings is 1. The summed E-state index contributed by atoms with van der Waals surface area (Å²) in [5.74, 6) is 1.81. The molecule has 0 saturated carbocycles. The fourth-order valence-corrected chi connectivity index (χ4v) is 4.20. The molecule has 0 fully saturated rings. The van der Waals surface area contributed by atoms with E-state index in [9.17, 15) is 15.0 Å². The van der Waals surface area contributed by atoms with Gasteiger partial charge in [0.25, 0.3) is 5.91 Å². The third kappa shape index (κ3) is 5.82. The van der Waals surface area contributed by atoms with Gasteiger partial charge in [0, 0.05) is 29.9 Å². The van der Waals surface area contributed by atoms with E-state index in [4.69, 9.17) is 14.2 Å². The van der Waals surface area contributed by atoms with Gasteiger partial charge in [0.15, 0.2) is 0 Å². The molecule has 204 valence electrons. The molecular formula is C30H28N4O6. The number of hydrogen-bond donors (Lipinski definition) is 4. The summed E-state index contributed by atoms with van der Waals surface area (Å²) >= 11 is 0. The van der Waals surface area contributed by atoms with Crippen LogP contribution in [0.3, 0.4) is 0 Å². The van der Waals surface area contributed by atoms with E-state index in [-0.39, 0.29) is 24.8 Å². The van der Waals surface area contributed by atoms with Crippen LogP contribution in [0.25, 0.3) is 33.5 Å². The van der Waals surface area contributed by atoms with Gasteiger partial charge in [0.05, 0.1) is 30.8 Å². The molecule has 0 saturated heterocycles. The van der Waals surface area contributed by atoms with Crippen molar-refractivity contribution in [2.75, 3.05) is 27.4 Å². The fraction of sp³-hybridized carbons (Fsp3) is 0.167. The van der Waals surface area contributed by atoms with Crippen LogP contribution in [-0.2, 0) is 0 Å². The van der Waals surface area contributed by atoms with Crippen molar-refractivity contribution in [2.24, 2.45) is 0 Å². The molecule has 0 aliphatic rings. The van der Waals surface area contributed by atoms with Crippen LogP contribution in [-0.4, -0.2) is 64.5 Å². The number of nitrogens with zero attached hydrogens (tertiary/aromatic N) is 2. The quantitative estimate of drug-likeness (QED) is 0.207. The first-order valence-electron chi connectivity index (χ1n) is 12.5. The molecule has 1 amide bonds. The molecule has 1 atom stereocenters.